The number of amides is 1. The van der Waals surface area contributed by atoms with Crippen LogP contribution in [0.2, 0.25) is 0 Å². The van der Waals surface area contributed by atoms with E-state index in [0.29, 0.717) is 0 Å². The average Bonchev–Trinajstić information content (AvgIpc) is 2.13. The molecule has 0 aliphatic carbocycles. The van der Waals surface area contributed by atoms with Crippen molar-refractivity contribution in [1.29, 1.82) is 0 Å². The van der Waals surface area contributed by atoms with Gasteiger partial charge in [-0.1, -0.05) is 13.8 Å². The normalized spacial score (nSPS) is 23.2. The maximum absolute atomic E-state index is 11.0. The molecule has 1 saturated heterocycles. The van der Waals surface area contributed by atoms with Gasteiger partial charge in [0.25, 0.3) is 0 Å². The Kier molecular flexibility index (Phi) is 5.72. The number of carbonyl (C=O) groups is 1. The van der Waals surface area contributed by atoms with Crippen molar-refractivity contribution in [3.63, 3.8) is 0 Å². The van der Waals surface area contributed by atoms with Gasteiger partial charge in [0.2, 0.25) is 5.91 Å². The number of rotatable bonds is 1. The van der Waals surface area contributed by atoms with Crippen LogP contribution in [0.4, 0.5) is 0 Å². The zero-order chi connectivity index (χ0) is 9.56. The van der Waals surface area contributed by atoms with Crippen molar-refractivity contribution >= 4 is 5.91 Å². The van der Waals surface area contributed by atoms with Crippen molar-refractivity contribution in [3.8, 4) is 0 Å². The molecule has 72 valence electrons. The summed E-state index contributed by atoms with van der Waals surface area (Å²) >= 11 is 0. The van der Waals surface area contributed by atoms with Crippen molar-refractivity contribution in [3.05, 3.63) is 0 Å². The number of ether oxygens (including phenoxy) is 1. The second-order valence-corrected chi connectivity index (χ2v) is 2.55. The Bertz CT molecular complexity index is 136. The molecule has 0 radical (unpaired) electrons. The van der Waals surface area contributed by atoms with E-state index in [-0.39, 0.29) is 18.6 Å². The van der Waals surface area contributed by atoms with E-state index in [1.54, 1.807) is 0 Å². The summed E-state index contributed by atoms with van der Waals surface area (Å²) in [7, 11) is 0. The van der Waals surface area contributed by atoms with Gasteiger partial charge in [0.05, 0.1) is 6.10 Å². The van der Waals surface area contributed by atoms with Crippen molar-refractivity contribution in [2.24, 2.45) is 0 Å². The Hall–Kier alpha value is -0.570. The molecule has 12 heavy (non-hydrogen) atoms. The van der Waals surface area contributed by atoms with Crippen LogP contribution >= 0.6 is 0 Å². The molecule has 0 spiro atoms. The molecule has 0 saturated carbocycles. The smallest absolute Gasteiger partial charge is 0.248 e. The summed E-state index contributed by atoms with van der Waals surface area (Å²) in [6, 6.07) is 0. The molecule has 1 amide bonds. The minimum Gasteiger partial charge on any atom is -0.367 e. The fourth-order valence-electron chi connectivity index (χ4n) is 1.08. The van der Waals surface area contributed by atoms with E-state index in [9.17, 15) is 4.79 Å². The van der Waals surface area contributed by atoms with E-state index < -0.39 is 0 Å². The first kappa shape index (κ1) is 11.4. The van der Waals surface area contributed by atoms with Gasteiger partial charge in [-0.25, -0.2) is 0 Å². The highest BCUT2D eigenvalue weighted by atomic mass is 16.5. The summed E-state index contributed by atoms with van der Waals surface area (Å²) in [6.07, 6.45) is 0.206. The number of hydrogen-bond acceptors (Lipinski definition) is 2. The maximum atomic E-state index is 11.0. The summed E-state index contributed by atoms with van der Waals surface area (Å²) < 4.78 is 5.13. The second-order valence-electron chi connectivity index (χ2n) is 2.55. The molecule has 1 aliphatic heterocycles. The van der Waals surface area contributed by atoms with Gasteiger partial charge >= 0.3 is 0 Å². The number of nitrogens with zero attached hydrogens (tertiary/aromatic N) is 1. The zero-order valence-electron chi connectivity index (χ0n) is 8.46. The molecular weight excluding hydrogens is 154 g/mol. The van der Waals surface area contributed by atoms with Gasteiger partial charge in [-0.2, -0.15) is 0 Å². The van der Waals surface area contributed by atoms with Crippen LogP contribution in [0.15, 0.2) is 0 Å². The molecular formula is C9H19NO2. The quantitative estimate of drug-likeness (QED) is 0.598. The van der Waals surface area contributed by atoms with Gasteiger partial charge in [-0.15, -0.1) is 0 Å². The van der Waals surface area contributed by atoms with E-state index in [4.69, 9.17) is 4.74 Å². The molecule has 0 aromatic heterocycles. The molecule has 3 nitrogen and oxygen atoms in total. The highest BCUT2D eigenvalue weighted by molar-refractivity contribution is 5.78. The molecule has 0 bridgehead atoms. The lowest BCUT2D eigenvalue weighted by atomic mass is 10.3. The third-order valence-electron chi connectivity index (χ3n) is 1.70. The SMILES string of the molecule is CC.CCN1CC(C)OCC1=O. The van der Waals surface area contributed by atoms with Crippen molar-refractivity contribution in [2.75, 3.05) is 19.7 Å². The summed E-state index contributed by atoms with van der Waals surface area (Å²) in [5, 5.41) is 0. The molecule has 0 N–H and O–H groups in total. The first-order valence-electron chi connectivity index (χ1n) is 4.63. The largest absolute Gasteiger partial charge is 0.367 e. The van der Waals surface area contributed by atoms with Crippen molar-refractivity contribution in [2.45, 2.75) is 33.8 Å². The summed E-state index contributed by atoms with van der Waals surface area (Å²) in [6.45, 7) is 9.77. The third kappa shape index (κ3) is 3.22. The minimum absolute atomic E-state index is 0.112. The van der Waals surface area contributed by atoms with Gasteiger partial charge in [-0.05, 0) is 13.8 Å². The molecule has 0 aromatic rings. The van der Waals surface area contributed by atoms with Crippen LogP contribution in [0.25, 0.3) is 0 Å². The lowest BCUT2D eigenvalue weighted by Crippen LogP contribution is -2.45. The van der Waals surface area contributed by atoms with Crippen LogP contribution in [0.5, 0.6) is 0 Å². The Labute approximate surface area is 74.7 Å². The van der Waals surface area contributed by atoms with E-state index >= 15 is 0 Å². The molecule has 1 atom stereocenters. The summed E-state index contributed by atoms with van der Waals surface area (Å²) in [5.74, 6) is 0.112. The third-order valence-corrected chi connectivity index (χ3v) is 1.70. The zero-order valence-corrected chi connectivity index (χ0v) is 8.46. The van der Waals surface area contributed by atoms with Crippen LogP contribution in [0, 0.1) is 0 Å². The molecule has 1 aliphatic rings. The Morgan fingerprint density at radius 1 is 1.58 bits per heavy atom. The average molecular weight is 173 g/mol. The predicted molar refractivity (Wildman–Crippen MR) is 49.0 cm³/mol. The lowest BCUT2D eigenvalue weighted by molar-refractivity contribution is -0.147. The first-order valence-corrected chi connectivity index (χ1v) is 4.63. The van der Waals surface area contributed by atoms with Gasteiger partial charge in [0.1, 0.15) is 6.61 Å². The summed E-state index contributed by atoms with van der Waals surface area (Å²) in [5.41, 5.74) is 0. The fourth-order valence-corrected chi connectivity index (χ4v) is 1.08. The van der Waals surface area contributed by atoms with E-state index in [2.05, 4.69) is 0 Å². The number of carbonyl (C=O) groups excluding carboxylic acids is 1. The fraction of sp³-hybridized carbons (Fsp3) is 0.889. The molecule has 1 fully saturated rings. The summed E-state index contributed by atoms with van der Waals surface area (Å²) in [4.78, 5) is 12.8. The van der Waals surface area contributed by atoms with Crippen LogP contribution in [0.1, 0.15) is 27.7 Å². The Morgan fingerprint density at radius 3 is 2.58 bits per heavy atom. The van der Waals surface area contributed by atoms with Gasteiger partial charge < -0.3 is 9.64 Å². The number of hydrogen-bond donors (Lipinski definition) is 0. The molecule has 1 unspecified atom stereocenters. The van der Waals surface area contributed by atoms with E-state index in [1.165, 1.54) is 0 Å². The van der Waals surface area contributed by atoms with Gasteiger partial charge in [0.15, 0.2) is 0 Å². The van der Waals surface area contributed by atoms with Crippen LogP contribution < -0.4 is 0 Å². The van der Waals surface area contributed by atoms with Crippen LogP contribution in [-0.2, 0) is 9.53 Å². The monoisotopic (exact) mass is 173 g/mol. The molecule has 3 heteroatoms. The predicted octanol–water partition coefficient (Wildman–Crippen LogP) is 1.28. The topological polar surface area (TPSA) is 29.5 Å². The highest BCUT2D eigenvalue weighted by Crippen LogP contribution is 2.04. The lowest BCUT2D eigenvalue weighted by Gasteiger charge is -2.29. The first-order chi connectivity index (χ1) is 5.74. The van der Waals surface area contributed by atoms with E-state index in [1.807, 2.05) is 32.6 Å². The van der Waals surface area contributed by atoms with Crippen molar-refractivity contribution in [1.82, 2.24) is 4.90 Å². The van der Waals surface area contributed by atoms with Crippen LogP contribution in [0.3, 0.4) is 0 Å². The van der Waals surface area contributed by atoms with Crippen LogP contribution in [-0.4, -0.2) is 36.6 Å². The highest BCUT2D eigenvalue weighted by Gasteiger charge is 2.21. The van der Waals surface area contributed by atoms with Gasteiger partial charge in [0, 0.05) is 13.1 Å². The minimum atomic E-state index is 0.112. The number of morpholine rings is 1. The second kappa shape index (κ2) is 6.00. The number of likely N-dealkylation sites (N-methyl/N-ethyl adjacent to an activating group) is 1. The molecule has 1 heterocycles. The molecule has 0 aromatic carbocycles. The Morgan fingerprint density at radius 2 is 2.17 bits per heavy atom. The van der Waals surface area contributed by atoms with E-state index in [0.717, 1.165) is 13.1 Å². The van der Waals surface area contributed by atoms with Gasteiger partial charge in [-0.3, -0.25) is 4.79 Å². The molecule has 1 rings (SSSR count). The Balaban J connectivity index is 0.000000561. The maximum Gasteiger partial charge on any atom is 0.248 e. The van der Waals surface area contributed by atoms with Crippen molar-refractivity contribution < 1.29 is 9.53 Å². The standard InChI is InChI=1S/C7H13NO2.C2H6/c1-3-8-4-6(2)10-5-7(8)9;1-2/h6H,3-5H2,1-2H3;1-2H3.